The number of likely N-dealkylation sites (N-methyl/N-ethyl adjacent to an activating group) is 1. The molecular weight excluding hydrogens is 255 g/mol. The van der Waals surface area contributed by atoms with Crippen LogP contribution >= 0.6 is 0 Å². The van der Waals surface area contributed by atoms with Gasteiger partial charge >= 0.3 is 0 Å². The van der Waals surface area contributed by atoms with Crippen molar-refractivity contribution in [2.75, 3.05) is 26.7 Å². The van der Waals surface area contributed by atoms with E-state index >= 15 is 0 Å². The SMILES string of the molecule is CCCNC(CCN(C)CC(C)O)c1ccc(F)cc1. The maximum Gasteiger partial charge on any atom is 0.123 e. The van der Waals surface area contributed by atoms with Crippen LogP contribution in [0.15, 0.2) is 24.3 Å². The van der Waals surface area contributed by atoms with Gasteiger partial charge in [-0.1, -0.05) is 19.1 Å². The highest BCUT2D eigenvalue weighted by molar-refractivity contribution is 5.19. The number of rotatable bonds is 9. The highest BCUT2D eigenvalue weighted by atomic mass is 19.1. The predicted molar refractivity (Wildman–Crippen MR) is 81.2 cm³/mol. The van der Waals surface area contributed by atoms with Crippen LogP contribution < -0.4 is 5.32 Å². The van der Waals surface area contributed by atoms with Gasteiger partial charge in [0.15, 0.2) is 0 Å². The van der Waals surface area contributed by atoms with Crippen LogP contribution in [-0.2, 0) is 0 Å². The molecule has 0 fully saturated rings. The molecule has 0 aromatic heterocycles. The van der Waals surface area contributed by atoms with Crippen molar-refractivity contribution in [3.05, 3.63) is 35.6 Å². The Kier molecular flexibility index (Phi) is 7.73. The molecule has 1 aromatic carbocycles. The molecule has 0 aliphatic heterocycles. The van der Waals surface area contributed by atoms with E-state index in [0.717, 1.165) is 31.5 Å². The standard InChI is InChI=1S/C16H27FN2O/c1-4-10-18-16(9-11-19(3)12-13(2)20)14-5-7-15(17)8-6-14/h5-8,13,16,18,20H,4,9-12H2,1-3H3. The van der Waals surface area contributed by atoms with E-state index in [2.05, 4.69) is 17.1 Å². The summed E-state index contributed by atoms with van der Waals surface area (Å²) in [7, 11) is 2.01. The summed E-state index contributed by atoms with van der Waals surface area (Å²) < 4.78 is 13.0. The Balaban J connectivity index is 2.57. The summed E-state index contributed by atoms with van der Waals surface area (Å²) in [5, 5.41) is 12.9. The van der Waals surface area contributed by atoms with Crippen LogP contribution in [0, 0.1) is 5.82 Å². The van der Waals surface area contributed by atoms with Gasteiger partial charge in [0.25, 0.3) is 0 Å². The molecule has 2 unspecified atom stereocenters. The summed E-state index contributed by atoms with van der Waals surface area (Å²) >= 11 is 0. The summed E-state index contributed by atoms with van der Waals surface area (Å²) in [4.78, 5) is 2.12. The van der Waals surface area contributed by atoms with E-state index in [0.29, 0.717) is 6.54 Å². The fourth-order valence-electron chi connectivity index (χ4n) is 2.29. The maximum absolute atomic E-state index is 13.0. The summed E-state index contributed by atoms with van der Waals surface area (Å²) in [6.45, 7) is 6.44. The molecule has 4 heteroatoms. The number of aliphatic hydroxyl groups excluding tert-OH is 1. The highest BCUT2D eigenvalue weighted by Gasteiger charge is 2.12. The molecule has 3 nitrogen and oxygen atoms in total. The number of hydrogen-bond donors (Lipinski definition) is 2. The average Bonchev–Trinajstić information content (AvgIpc) is 2.39. The third-order valence-corrected chi connectivity index (χ3v) is 3.29. The largest absolute Gasteiger partial charge is 0.392 e. The molecule has 0 radical (unpaired) electrons. The molecule has 0 bridgehead atoms. The molecule has 2 N–H and O–H groups in total. The van der Waals surface area contributed by atoms with Crippen molar-refractivity contribution in [1.82, 2.24) is 10.2 Å². The molecule has 0 saturated heterocycles. The minimum Gasteiger partial charge on any atom is -0.392 e. The lowest BCUT2D eigenvalue weighted by molar-refractivity contribution is 0.139. The van der Waals surface area contributed by atoms with Crippen LogP contribution in [0.1, 0.15) is 38.3 Å². The summed E-state index contributed by atoms with van der Waals surface area (Å²) in [5.41, 5.74) is 1.12. The Morgan fingerprint density at radius 3 is 2.50 bits per heavy atom. The van der Waals surface area contributed by atoms with E-state index in [1.54, 1.807) is 6.92 Å². The summed E-state index contributed by atoms with van der Waals surface area (Å²) in [5.74, 6) is -0.200. The number of nitrogens with zero attached hydrogens (tertiary/aromatic N) is 1. The topological polar surface area (TPSA) is 35.5 Å². The van der Waals surface area contributed by atoms with Gasteiger partial charge in [0.1, 0.15) is 5.82 Å². The quantitative estimate of drug-likeness (QED) is 0.731. The Labute approximate surface area is 121 Å². The number of nitrogens with one attached hydrogen (secondary N) is 1. The van der Waals surface area contributed by atoms with Crippen molar-refractivity contribution < 1.29 is 9.50 Å². The molecule has 0 spiro atoms. The summed E-state index contributed by atoms with van der Waals surface area (Å²) in [6, 6.07) is 6.94. The Morgan fingerprint density at radius 2 is 1.95 bits per heavy atom. The molecule has 0 amide bonds. The lowest BCUT2D eigenvalue weighted by Gasteiger charge is -2.24. The Bertz CT molecular complexity index is 367. The second-order valence-corrected chi connectivity index (χ2v) is 5.46. The van der Waals surface area contributed by atoms with E-state index in [1.165, 1.54) is 12.1 Å². The van der Waals surface area contributed by atoms with Crippen molar-refractivity contribution in [2.45, 2.75) is 38.8 Å². The van der Waals surface area contributed by atoms with Crippen LogP contribution in [-0.4, -0.2) is 42.8 Å². The molecule has 1 rings (SSSR count). The molecule has 0 aliphatic carbocycles. The fourth-order valence-corrected chi connectivity index (χ4v) is 2.29. The van der Waals surface area contributed by atoms with Crippen molar-refractivity contribution in [3.8, 4) is 0 Å². The molecule has 1 aromatic rings. The average molecular weight is 282 g/mol. The molecule has 20 heavy (non-hydrogen) atoms. The first-order valence-electron chi connectivity index (χ1n) is 7.38. The smallest absolute Gasteiger partial charge is 0.123 e. The monoisotopic (exact) mass is 282 g/mol. The lowest BCUT2D eigenvalue weighted by Crippen LogP contribution is -2.31. The van der Waals surface area contributed by atoms with Crippen molar-refractivity contribution in [1.29, 1.82) is 0 Å². The van der Waals surface area contributed by atoms with Gasteiger partial charge in [0.05, 0.1) is 6.10 Å². The molecule has 0 heterocycles. The van der Waals surface area contributed by atoms with Crippen LogP contribution in [0.3, 0.4) is 0 Å². The molecular formula is C16H27FN2O. The van der Waals surface area contributed by atoms with Gasteiger partial charge in [-0.15, -0.1) is 0 Å². The normalized spacial score (nSPS) is 14.5. The van der Waals surface area contributed by atoms with Crippen molar-refractivity contribution in [3.63, 3.8) is 0 Å². The van der Waals surface area contributed by atoms with Crippen LogP contribution in [0.4, 0.5) is 4.39 Å². The van der Waals surface area contributed by atoms with Gasteiger partial charge < -0.3 is 15.3 Å². The number of halogens is 1. The minimum atomic E-state index is -0.312. The third kappa shape index (κ3) is 6.46. The highest BCUT2D eigenvalue weighted by Crippen LogP contribution is 2.17. The second kappa shape index (κ2) is 9.06. The maximum atomic E-state index is 13.0. The van der Waals surface area contributed by atoms with E-state index in [9.17, 15) is 9.50 Å². The van der Waals surface area contributed by atoms with Gasteiger partial charge in [-0.25, -0.2) is 4.39 Å². The number of benzene rings is 1. The van der Waals surface area contributed by atoms with Gasteiger partial charge in [-0.05, 0) is 57.6 Å². The van der Waals surface area contributed by atoms with Gasteiger partial charge in [-0.3, -0.25) is 0 Å². The molecule has 0 aliphatic rings. The van der Waals surface area contributed by atoms with Gasteiger partial charge in [-0.2, -0.15) is 0 Å². The Morgan fingerprint density at radius 1 is 1.30 bits per heavy atom. The van der Waals surface area contributed by atoms with Gasteiger partial charge in [0.2, 0.25) is 0 Å². The zero-order valence-electron chi connectivity index (χ0n) is 12.8. The van der Waals surface area contributed by atoms with Crippen LogP contribution in [0.2, 0.25) is 0 Å². The molecule has 2 atom stereocenters. The van der Waals surface area contributed by atoms with E-state index in [-0.39, 0.29) is 18.0 Å². The van der Waals surface area contributed by atoms with Crippen LogP contribution in [0.5, 0.6) is 0 Å². The molecule has 0 saturated carbocycles. The zero-order valence-corrected chi connectivity index (χ0v) is 12.8. The van der Waals surface area contributed by atoms with E-state index in [4.69, 9.17) is 0 Å². The first-order valence-corrected chi connectivity index (χ1v) is 7.38. The van der Waals surface area contributed by atoms with Gasteiger partial charge in [0, 0.05) is 12.6 Å². The first-order chi connectivity index (χ1) is 9.52. The van der Waals surface area contributed by atoms with Crippen LogP contribution in [0.25, 0.3) is 0 Å². The Hall–Kier alpha value is -0.970. The summed E-state index contributed by atoms with van der Waals surface area (Å²) in [6.07, 6.45) is 1.70. The predicted octanol–water partition coefficient (Wildman–Crippen LogP) is 2.57. The minimum absolute atomic E-state index is 0.200. The van der Waals surface area contributed by atoms with Crippen molar-refractivity contribution in [2.24, 2.45) is 0 Å². The second-order valence-electron chi connectivity index (χ2n) is 5.46. The van der Waals surface area contributed by atoms with E-state index in [1.807, 2.05) is 19.2 Å². The number of aliphatic hydroxyl groups is 1. The first kappa shape index (κ1) is 17.1. The zero-order chi connectivity index (χ0) is 15.0. The van der Waals surface area contributed by atoms with Crippen molar-refractivity contribution >= 4 is 0 Å². The number of hydrogen-bond acceptors (Lipinski definition) is 3. The fraction of sp³-hybridized carbons (Fsp3) is 0.625. The lowest BCUT2D eigenvalue weighted by atomic mass is 10.0. The molecule has 114 valence electrons. The third-order valence-electron chi connectivity index (χ3n) is 3.29. The van der Waals surface area contributed by atoms with E-state index < -0.39 is 0 Å².